The molecule has 174 valence electrons. The second-order valence-electron chi connectivity index (χ2n) is 8.45. The van der Waals surface area contributed by atoms with Gasteiger partial charge in [-0.1, -0.05) is 35.9 Å². The van der Waals surface area contributed by atoms with E-state index in [9.17, 15) is 9.59 Å². The van der Waals surface area contributed by atoms with Crippen molar-refractivity contribution in [2.24, 2.45) is 0 Å². The average molecular weight is 477 g/mol. The lowest BCUT2D eigenvalue weighted by Gasteiger charge is -2.41. The molecule has 0 bridgehead atoms. The molecule has 0 saturated carbocycles. The summed E-state index contributed by atoms with van der Waals surface area (Å²) in [7, 11) is 0. The van der Waals surface area contributed by atoms with Gasteiger partial charge in [0.15, 0.2) is 0 Å². The number of piperazine rings is 1. The van der Waals surface area contributed by atoms with Gasteiger partial charge in [-0.05, 0) is 35.4 Å². The van der Waals surface area contributed by atoms with Gasteiger partial charge >= 0.3 is 0 Å². The molecule has 2 amide bonds. The number of hydrogen-bond acceptors (Lipinski definition) is 4. The Labute approximate surface area is 202 Å². The number of aromatic nitrogens is 4. The molecule has 9 heteroatoms. The van der Waals surface area contributed by atoms with E-state index in [1.165, 1.54) is 0 Å². The first-order chi connectivity index (χ1) is 16.5. The molecule has 0 radical (unpaired) electrons. The lowest BCUT2D eigenvalue weighted by Crippen LogP contribution is -2.52. The topological polar surface area (TPSA) is 87.1 Å². The first kappa shape index (κ1) is 22.2. The number of carbonyl (C=O) groups is 2. The van der Waals surface area contributed by atoms with Crippen LogP contribution in [0.2, 0.25) is 5.02 Å². The number of aromatic amines is 1. The SMILES string of the molecule is CCn1cc(CC(=O)N2CCN(C(=O)c3cc4ccccc4cc3Cl)C(c3cn[nH]c3)C2)cn1. The summed E-state index contributed by atoms with van der Waals surface area (Å²) in [4.78, 5) is 30.3. The summed E-state index contributed by atoms with van der Waals surface area (Å²) >= 11 is 6.53. The van der Waals surface area contributed by atoms with E-state index in [0.717, 1.165) is 28.4 Å². The number of nitrogens with one attached hydrogen (secondary N) is 1. The molecular weight excluding hydrogens is 452 g/mol. The zero-order valence-electron chi connectivity index (χ0n) is 18.8. The zero-order chi connectivity index (χ0) is 23.7. The zero-order valence-corrected chi connectivity index (χ0v) is 19.6. The van der Waals surface area contributed by atoms with Gasteiger partial charge < -0.3 is 9.80 Å². The summed E-state index contributed by atoms with van der Waals surface area (Å²) in [5.41, 5.74) is 2.19. The minimum Gasteiger partial charge on any atom is -0.338 e. The van der Waals surface area contributed by atoms with Crippen molar-refractivity contribution in [1.82, 2.24) is 29.8 Å². The number of H-pyrrole nitrogens is 1. The fraction of sp³-hybridized carbons (Fsp3) is 0.280. The van der Waals surface area contributed by atoms with Crippen molar-refractivity contribution in [3.8, 4) is 0 Å². The highest BCUT2D eigenvalue weighted by molar-refractivity contribution is 6.34. The van der Waals surface area contributed by atoms with Crippen molar-refractivity contribution >= 4 is 34.2 Å². The molecule has 1 fully saturated rings. The molecule has 1 N–H and O–H groups in total. The molecular formula is C25H25ClN6O2. The maximum Gasteiger partial charge on any atom is 0.256 e. The molecule has 1 unspecified atom stereocenters. The summed E-state index contributed by atoms with van der Waals surface area (Å²) in [6, 6.07) is 11.2. The van der Waals surface area contributed by atoms with Gasteiger partial charge in [0, 0.05) is 44.1 Å². The van der Waals surface area contributed by atoms with Crippen molar-refractivity contribution in [2.45, 2.75) is 25.9 Å². The Morgan fingerprint density at radius 1 is 1.15 bits per heavy atom. The van der Waals surface area contributed by atoms with E-state index in [4.69, 9.17) is 11.6 Å². The molecule has 1 atom stereocenters. The number of rotatable bonds is 5. The van der Waals surface area contributed by atoms with E-state index in [1.54, 1.807) is 28.2 Å². The van der Waals surface area contributed by atoms with Gasteiger partial charge in [0.1, 0.15) is 0 Å². The number of carbonyl (C=O) groups excluding carboxylic acids is 2. The molecule has 2 aromatic carbocycles. The lowest BCUT2D eigenvalue weighted by atomic mass is 10.0. The van der Waals surface area contributed by atoms with E-state index in [2.05, 4.69) is 15.3 Å². The van der Waals surface area contributed by atoms with Gasteiger partial charge in [-0.2, -0.15) is 10.2 Å². The Balaban J connectivity index is 1.39. The van der Waals surface area contributed by atoms with Crippen LogP contribution in [0.3, 0.4) is 0 Å². The van der Waals surface area contributed by atoms with Crippen molar-refractivity contribution in [2.75, 3.05) is 19.6 Å². The molecule has 0 aliphatic carbocycles. The maximum atomic E-state index is 13.7. The number of benzene rings is 2. The number of nitrogens with zero attached hydrogens (tertiary/aromatic N) is 5. The normalized spacial score (nSPS) is 16.2. The van der Waals surface area contributed by atoms with Crippen LogP contribution in [-0.2, 0) is 17.8 Å². The predicted octanol–water partition coefficient (Wildman–Crippen LogP) is 3.70. The Hall–Kier alpha value is -3.65. The Bertz CT molecular complexity index is 1330. The van der Waals surface area contributed by atoms with Gasteiger partial charge in [0.25, 0.3) is 5.91 Å². The average Bonchev–Trinajstić information content (AvgIpc) is 3.55. The standard InChI is InChI=1S/C25H25ClN6O2/c1-2-31-15-17(12-29-31)9-24(33)30-7-8-32(23(16-30)20-13-27-28-14-20)25(34)21-10-18-5-3-4-6-19(18)11-22(21)26/h3-6,10-15,23H,2,7-9,16H2,1H3,(H,27,28). The second-order valence-corrected chi connectivity index (χ2v) is 8.85. The summed E-state index contributed by atoms with van der Waals surface area (Å²) in [6.45, 7) is 4.00. The van der Waals surface area contributed by atoms with Crippen LogP contribution >= 0.6 is 11.6 Å². The van der Waals surface area contributed by atoms with Crippen LogP contribution in [0.15, 0.2) is 61.2 Å². The molecule has 1 aliphatic rings. The van der Waals surface area contributed by atoms with Crippen LogP contribution in [-0.4, -0.2) is 61.2 Å². The summed E-state index contributed by atoms with van der Waals surface area (Å²) in [6.07, 6.45) is 7.38. The first-order valence-corrected chi connectivity index (χ1v) is 11.7. The molecule has 5 rings (SSSR count). The number of aryl methyl sites for hydroxylation is 1. The smallest absolute Gasteiger partial charge is 0.256 e. The lowest BCUT2D eigenvalue weighted by molar-refractivity contribution is -0.133. The van der Waals surface area contributed by atoms with Crippen LogP contribution in [0.4, 0.5) is 0 Å². The first-order valence-electron chi connectivity index (χ1n) is 11.3. The third-order valence-corrected chi connectivity index (χ3v) is 6.64. The summed E-state index contributed by atoms with van der Waals surface area (Å²) < 4.78 is 1.81. The highest BCUT2D eigenvalue weighted by atomic mass is 35.5. The molecule has 4 aromatic rings. The number of hydrogen-bond donors (Lipinski definition) is 1. The second kappa shape index (κ2) is 9.30. The number of amides is 2. The largest absolute Gasteiger partial charge is 0.338 e. The Kier molecular flexibility index (Phi) is 6.06. The van der Waals surface area contributed by atoms with Crippen LogP contribution < -0.4 is 0 Å². The molecule has 0 spiro atoms. The van der Waals surface area contributed by atoms with E-state index < -0.39 is 0 Å². The van der Waals surface area contributed by atoms with Crippen LogP contribution in [0.25, 0.3) is 10.8 Å². The molecule has 3 heterocycles. The van der Waals surface area contributed by atoms with Crippen molar-refractivity contribution in [1.29, 1.82) is 0 Å². The van der Waals surface area contributed by atoms with Crippen LogP contribution in [0.1, 0.15) is 34.5 Å². The fourth-order valence-electron chi connectivity index (χ4n) is 4.47. The van der Waals surface area contributed by atoms with Gasteiger partial charge in [0.05, 0.1) is 35.4 Å². The number of fused-ring (bicyclic) bond motifs is 1. The summed E-state index contributed by atoms with van der Waals surface area (Å²) in [5.74, 6) is -0.141. The van der Waals surface area contributed by atoms with E-state index >= 15 is 0 Å². The molecule has 2 aromatic heterocycles. The van der Waals surface area contributed by atoms with Crippen molar-refractivity contribution in [3.63, 3.8) is 0 Å². The minimum absolute atomic E-state index is 0.0139. The predicted molar refractivity (Wildman–Crippen MR) is 130 cm³/mol. The monoisotopic (exact) mass is 476 g/mol. The van der Waals surface area contributed by atoms with Gasteiger partial charge in [-0.3, -0.25) is 19.4 Å². The molecule has 8 nitrogen and oxygen atoms in total. The third-order valence-electron chi connectivity index (χ3n) is 6.33. The minimum atomic E-state index is -0.329. The number of halogens is 1. The quantitative estimate of drug-likeness (QED) is 0.475. The Morgan fingerprint density at radius 3 is 2.65 bits per heavy atom. The molecule has 34 heavy (non-hydrogen) atoms. The van der Waals surface area contributed by atoms with Gasteiger partial charge in [-0.15, -0.1) is 0 Å². The van der Waals surface area contributed by atoms with E-state index in [1.807, 2.05) is 54.4 Å². The highest BCUT2D eigenvalue weighted by Gasteiger charge is 2.35. The summed E-state index contributed by atoms with van der Waals surface area (Å²) in [5, 5.41) is 13.5. The van der Waals surface area contributed by atoms with Crippen LogP contribution in [0.5, 0.6) is 0 Å². The van der Waals surface area contributed by atoms with Gasteiger partial charge in [-0.25, -0.2) is 0 Å². The third kappa shape index (κ3) is 4.28. The fourth-order valence-corrected chi connectivity index (χ4v) is 4.72. The molecule has 1 aliphatic heterocycles. The maximum absolute atomic E-state index is 13.7. The van der Waals surface area contributed by atoms with Crippen molar-refractivity contribution < 1.29 is 9.59 Å². The highest BCUT2D eigenvalue weighted by Crippen LogP contribution is 2.31. The van der Waals surface area contributed by atoms with Crippen LogP contribution in [0, 0.1) is 0 Å². The van der Waals surface area contributed by atoms with E-state index in [-0.39, 0.29) is 24.3 Å². The van der Waals surface area contributed by atoms with Crippen molar-refractivity contribution in [3.05, 3.63) is 82.9 Å². The Morgan fingerprint density at radius 2 is 1.94 bits per heavy atom. The van der Waals surface area contributed by atoms with Gasteiger partial charge in [0.2, 0.25) is 5.91 Å². The molecule has 1 saturated heterocycles. The van der Waals surface area contributed by atoms with E-state index in [0.29, 0.717) is 30.2 Å².